The lowest BCUT2D eigenvalue weighted by molar-refractivity contribution is 0.617. The fourth-order valence-corrected chi connectivity index (χ4v) is 2.64. The van der Waals surface area contributed by atoms with Crippen molar-refractivity contribution in [3.8, 4) is 0 Å². The van der Waals surface area contributed by atoms with Gasteiger partial charge in [-0.1, -0.05) is 12.1 Å². The fraction of sp³-hybridized carbons (Fsp3) is 0.400. The molecule has 0 N–H and O–H groups in total. The van der Waals surface area contributed by atoms with E-state index in [1.807, 2.05) is 11.0 Å². The molecule has 1 aromatic carbocycles. The average molecular weight is 213 g/mol. The minimum absolute atomic E-state index is 0.194. The van der Waals surface area contributed by atoms with E-state index < -0.39 is 10.8 Å². The lowest BCUT2D eigenvalue weighted by atomic mass is 10.2. The van der Waals surface area contributed by atoms with Gasteiger partial charge in [0, 0.05) is 35.4 Å². The third-order valence-corrected chi connectivity index (χ3v) is 3.65. The van der Waals surface area contributed by atoms with Crippen LogP contribution in [0, 0.1) is 5.82 Å². The van der Waals surface area contributed by atoms with E-state index in [-0.39, 0.29) is 5.82 Å². The maximum Gasteiger partial charge on any atom is 0.146 e. The van der Waals surface area contributed by atoms with Crippen LogP contribution in [-0.4, -0.2) is 28.8 Å². The van der Waals surface area contributed by atoms with Crippen LogP contribution in [0.25, 0.3) is 0 Å². The van der Waals surface area contributed by atoms with Gasteiger partial charge in [0.1, 0.15) is 5.82 Å². The summed E-state index contributed by atoms with van der Waals surface area (Å²) in [7, 11) is -0.705. The Morgan fingerprint density at radius 3 is 2.50 bits per heavy atom. The van der Waals surface area contributed by atoms with Gasteiger partial charge < -0.3 is 4.90 Å². The second-order valence-electron chi connectivity index (χ2n) is 3.29. The summed E-state index contributed by atoms with van der Waals surface area (Å²) in [6, 6.07) is 6.73. The van der Waals surface area contributed by atoms with Crippen LogP contribution in [0.3, 0.4) is 0 Å². The van der Waals surface area contributed by atoms with E-state index >= 15 is 0 Å². The summed E-state index contributed by atoms with van der Waals surface area (Å²) in [6.07, 6.45) is 0. The molecule has 0 saturated carbocycles. The molecule has 76 valence electrons. The Morgan fingerprint density at radius 1 is 1.21 bits per heavy atom. The number of benzene rings is 1. The maximum absolute atomic E-state index is 13.4. The molecule has 1 aromatic rings. The Hall–Kier alpha value is -0.900. The number of hydrogen-bond donors (Lipinski definition) is 0. The van der Waals surface area contributed by atoms with Gasteiger partial charge in [0.2, 0.25) is 0 Å². The summed E-state index contributed by atoms with van der Waals surface area (Å²) in [5, 5.41) is 0. The zero-order chi connectivity index (χ0) is 9.97. The summed E-state index contributed by atoms with van der Waals surface area (Å²) >= 11 is 0. The van der Waals surface area contributed by atoms with Gasteiger partial charge in [0.25, 0.3) is 0 Å². The van der Waals surface area contributed by atoms with Gasteiger partial charge in [-0.15, -0.1) is 0 Å². The minimum atomic E-state index is -0.705. The predicted molar refractivity (Wildman–Crippen MR) is 56.5 cm³/mol. The standard InChI is InChI=1S/C10H12FNOS/c11-9-3-1-2-4-10(9)12-5-7-14(13)8-6-12/h1-4H,5-8H2. The molecule has 1 aliphatic rings. The molecule has 4 heteroatoms. The SMILES string of the molecule is O=S1CCN(c2ccccc2F)CC1. The van der Waals surface area contributed by atoms with E-state index in [9.17, 15) is 8.60 Å². The third kappa shape index (κ3) is 1.95. The summed E-state index contributed by atoms with van der Waals surface area (Å²) in [5.74, 6) is 1.10. The minimum Gasteiger partial charge on any atom is -0.367 e. The van der Waals surface area contributed by atoms with Gasteiger partial charge in [-0.05, 0) is 12.1 Å². The molecule has 1 saturated heterocycles. The highest BCUT2D eigenvalue weighted by atomic mass is 32.2. The molecule has 2 rings (SSSR count). The van der Waals surface area contributed by atoms with Crippen LogP contribution in [0.4, 0.5) is 10.1 Å². The highest BCUT2D eigenvalue weighted by molar-refractivity contribution is 7.85. The van der Waals surface area contributed by atoms with Crippen LogP contribution in [0.2, 0.25) is 0 Å². The predicted octanol–water partition coefficient (Wildman–Crippen LogP) is 1.39. The van der Waals surface area contributed by atoms with E-state index in [0.717, 1.165) is 0 Å². The molecule has 0 amide bonds. The molecule has 0 bridgehead atoms. The number of rotatable bonds is 1. The second kappa shape index (κ2) is 4.09. The van der Waals surface area contributed by atoms with Crippen molar-refractivity contribution >= 4 is 16.5 Å². The first-order chi connectivity index (χ1) is 6.77. The Morgan fingerprint density at radius 2 is 1.86 bits per heavy atom. The van der Waals surface area contributed by atoms with Crippen molar-refractivity contribution in [1.29, 1.82) is 0 Å². The summed E-state index contributed by atoms with van der Waals surface area (Å²) in [5.41, 5.74) is 0.629. The van der Waals surface area contributed by atoms with Gasteiger partial charge in [0.15, 0.2) is 0 Å². The Bertz CT molecular complexity index is 346. The maximum atomic E-state index is 13.4. The van der Waals surface area contributed by atoms with E-state index in [1.165, 1.54) is 6.07 Å². The van der Waals surface area contributed by atoms with Crippen molar-refractivity contribution in [1.82, 2.24) is 0 Å². The molecule has 0 spiro atoms. The molecule has 0 unspecified atom stereocenters. The topological polar surface area (TPSA) is 20.3 Å². The molecule has 1 fully saturated rings. The first-order valence-electron chi connectivity index (χ1n) is 4.62. The second-order valence-corrected chi connectivity index (χ2v) is 4.98. The Labute approximate surface area is 85.2 Å². The zero-order valence-corrected chi connectivity index (χ0v) is 8.60. The molecule has 2 nitrogen and oxygen atoms in total. The van der Waals surface area contributed by atoms with Crippen LogP contribution in [-0.2, 0) is 10.8 Å². The number of anilines is 1. The largest absolute Gasteiger partial charge is 0.367 e. The highest BCUT2D eigenvalue weighted by Crippen LogP contribution is 2.19. The molecule has 0 atom stereocenters. The molecule has 1 heterocycles. The van der Waals surface area contributed by atoms with Crippen LogP contribution < -0.4 is 4.90 Å². The number of halogens is 1. The lowest BCUT2D eigenvalue weighted by Gasteiger charge is -2.28. The monoisotopic (exact) mass is 213 g/mol. The quantitative estimate of drug-likeness (QED) is 0.702. The molecule has 14 heavy (non-hydrogen) atoms. The highest BCUT2D eigenvalue weighted by Gasteiger charge is 2.17. The first-order valence-corrected chi connectivity index (χ1v) is 6.10. The molecular weight excluding hydrogens is 201 g/mol. The van der Waals surface area contributed by atoms with Gasteiger partial charge in [0.05, 0.1) is 5.69 Å². The van der Waals surface area contributed by atoms with E-state index in [4.69, 9.17) is 0 Å². The van der Waals surface area contributed by atoms with Crippen LogP contribution in [0.1, 0.15) is 0 Å². The normalized spacial score (nSPS) is 18.5. The van der Waals surface area contributed by atoms with Crippen molar-refractivity contribution in [2.45, 2.75) is 0 Å². The summed E-state index contributed by atoms with van der Waals surface area (Å²) < 4.78 is 24.5. The van der Waals surface area contributed by atoms with E-state index in [2.05, 4.69) is 0 Å². The Kier molecular flexibility index (Phi) is 2.82. The van der Waals surface area contributed by atoms with Crippen molar-refractivity contribution in [3.63, 3.8) is 0 Å². The Balaban J connectivity index is 2.16. The van der Waals surface area contributed by atoms with Crippen LogP contribution in [0.5, 0.6) is 0 Å². The lowest BCUT2D eigenvalue weighted by Crippen LogP contribution is -2.38. The zero-order valence-electron chi connectivity index (χ0n) is 7.78. The van der Waals surface area contributed by atoms with Gasteiger partial charge >= 0.3 is 0 Å². The third-order valence-electron chi connectivity index (χ3n) is 2.37. The molecule has 0 aromatic heterocycles. The van der Waals surface area contributed by atoms with Crippen molar-refractivity contribution in [2.75, 3.05) is 29.5 Å². The first kappa shape index (κ1) is 9.65. The van der Waals surface area contributed by atoms with Crippen LogP contribution >= 0.6 is 0 Å². The number of para-hydroxylation sites is 1. The fourth-order valence-electron chi connectivity index (χ4n) is 1.59. The van der Waals surface area contributed by atoms with Crippen molar-refractivity contribution in [3.05, 3.63) is 30.1 Å². The smallest absolute Gasteiger partial charge is 0.146 e. The van der Waals surface area contributed by atoms with Gasteiger partial charge in [-0.3, -0.25) is 4.21 Å². The number of nitrogens with zero attached hydrogens (tertiary/aromatic N) is 1. The van der Waals surface area contributed by atoms with Gasteiger partial charge in [-0.2, -0.15) is 0 Å². The average Bonchev–Trinajstić information content (AvgIpc) is 2.20. The molecule has 0 aliphatic carbocycles. The van der Waals surface area contributed by atoms with Gasteiger partial charge in [-0.25, -0.2) is 4.39 Å². The number of hydrogen-bond acceptors (Lipinski definition) is 2. The van der Waals surface area contributed by atoms with Crippen molar-refractivity contribution in [2.24, 2.45) is 0 Å². The van der Waals surface area contributed by atoms with E-state index in [0.29, 0.717) is 30.3 Å². The van der Waals surface area contributed by atoms with Crippen LogP contribution in [0.15, 0.2) is 24.3 Å². The molecule has 0 radical (unpaired) electrons. The summed E-state index contributed by atoms with van der Waals surface area (Å²) in [4.78, 5) is 1.96. The molecule has 1 aliphatic heterocycles. The summed E-state index contributed by atoms with van der Waals surface area (Å²) in [6.45, 7) is 1.38. The van der Waals surface area contributed by atoms with E-state index in [1.54, 1.807) is 12.1 Å². The van der Waals surface area contributed by atoms with Crippen molar-refractivity contribution < 1.29 is 8.60 Å². The molecular formula is C10H12FNOS.